The van der Waals surface area contributed by atoms with E-state index in [0.29, 0.717) is 29.7 Å². The largest absolute Gasteiger partial charge is 0.480 e. The van der Waals surface area contributed by atoms with Crippen molar-refractivity contribution < 1.29 is 14.3 Å². The van der Waals surface area contributed by atoms with Gasteiger partial charge in [-0.3, -0.25) is 4.79 Å². The maximum atomic E-state index is 10.6. The van der Waals surface area contributed by atoms with Crippen LogP contribution in [0, 0.1) is 0 Å². The molecule has 0 bridgehead atoms. The van der Waals surface area contributed by atoms with Crippen molar-refractivity contribution in [3.63, 3.8) is 0 Å². The van der Waals surface area contributed by atoms with E-state index in [0.717, 1.165) is 10.0 Å². The van der Waals surface area contributed by atoms with E-state index in [2.05, 4.69) is 26.1 Å². The molecule has 6 nitrogen and oxygen atoms in total. The third-order valence-corrected chi connectivity index (χ3v) is 4.18. The Morgan fingerprint density at radius 2 is 2.10 bits per heavy atom. The molecule has 1 unspecified atom stereocenters. The molecule has 0 radical (unpaired) electrons. The van der Waals surface area contributed by atoms with Gasteiger partial charge in [-0.1, -0.05) is 15.9 Å². The molecule has 21 heavy (non-hydrogen) atoms. The Kier molecular flexibility index (Phi) is 5.77. The van der Waals surface area contributed by atoms with Gasteiger partial charge in [-0.25, -0.2) is 0 Å². The smallest absolute Gasteiger partial charge is 0.320 e. The fourth-order valence-electron chi connectivity index (χ4n) is 1.51. The summed E-state index contributed by atoms with van der Waals surface area (Å²) in [7, 11) is 0. The highest BCUT2D eigenvalue weighted by Gasteiger charge is 2.12. The number of hydrogen-bond acceptors (Lipinski definition) is 6. The Labute approximate surface area is 134 Å². The first kappa shape index (κ1) is 16.0. The molecule has 112 valence electrons. The number of carboxylic acid groups (broad SMARTS) is 1. The molecule has 1 heterocycles. The second-order valence-corrected chi connectivity index (χ2v) is 6.31. The second kappa shape index (κ2) is 7.58. The highest BCUT2D eigenvalue weighted by Crippen LogP contribution is 2.22. The highest BCUT2D eigenvalue weighted by molar-refractivity contribution is 9.10. The van der Waals surface area contributed by atoms with Gasteiger partial charge in [0.15, 0.2) is 0 Å². The van der Waals surface area contributed by atoms with Crippen molar-refractivity contribution >= 4 is 33.7 Å². The van der Waals surface area contributed by atoms with E-state index in [-0.39, 0.29) is 0 Å². The number of nitrogens with two attached hydrogens (primary N) is 1. The van der Waals surface area contributed by atoms with Crippen LogP contribution in [-0.4, -0.2) is 33.1 Å². The van der Waals surface area contributed by atoms with Crippen molar-refractivity contribution in [1.29, 1.82) is 0 Å². The molecule has 1 aromatic heterocycles. The molecule has 1 atom stereocenters. The first-order chi connectivity index (χ1) is 10.1. The van der Waals surface area contributed by atoms with Crippen molar-refractivity contribution in [2.45, 2.75) is 18.2 Å². The number of carbonyl (C=O) groups is 1. The van der Waals surface area contributed by atoms with Crippen LogP contribution in [0.5, 0.6) is 0 Å². The van der Waals surface area contributed by atoms with E-state index in [1.807, 2.05) is 24.3 Å². The third-order valence-electron chi connectivity index (χ3n) is 2.67. The van der Waals surface area contributed by atoms with Gasteiger partial charge in [0.25, 0.3) is 0 Å². The number of benzene rings is 1. The number of thioether (sulfide) groups is 1. The first-order valence-corrected chi connectivity index (χ1v) is 8.15. The molecular weight excluding hydrogens is 358 g/mol. The van der Waals surface area contributed by atoms with Gasteiger partial charge in [0.2, 0.25) is 11.8 Å². The molecule has 0 aliphatic carbocycles. The van der Waals surface area contributed by atoms with E-state index in [1.54, 1.807) is 0 Å². The van der Waals surface area contributed by atoms with Crippen molar-refractivity contribution in [1.82, 2.24) is 10.2 Å². The Morgan fingerprint density at radius 1 is 1.38 bits per heavy atom. The normalized spacial score (nSPS) is 12.3. The second-order valence-electron chi connectivity index (χ2n) is 4.29. The van der Waals surface area contributed by atoms with Crippen molar-refractivity contribution in [3.05, 3.63) is 34.6 Å². The summed E-state index contributed by atoms with van der Waals surface area (Å²) in [5, 5.41) is 16.6. The summed E-state index contributed by atoms with van der Waals surface area (Å²) in [5.74, 6) is 1.17. The zero-order valence-electron chi connectivity index (χ0n) is 11.0. The van der Waals surface area contributed by atoms with Crippen molar-refractivity contribution in [2.24, 2.45) is 5.73 Å². The fourth-order valence-corrected chi connectivity index (χ4v) is 2.63. The lowest BCUT2D eigenvalue weighted by Crippen LogP contribution is -2.30. The molecule has 3 N–H and O–H groups in total. The van der Waals surface area contributed by atoms with E-state index in [9.17, 15) is 4.79 Å². The predicted molar refractivity (Wildman–Crippen MR) is 83.8 cm³/mol. The molecule has 0 saturated carbocycles. The minimum atomic E-state index is -0.981. The maximum absolute atomic E-state index is 10.6. The van der Waals surface area contributed by atoms with Gasteiger partial charge in [0.05, 0.1) is 5.75 Å². The molecule has 1 aromatic carbocycles. The number of carboxylic acids is 1. The third kappa shape index (κ3) is 4.83. The quantitative estimate of drug-likeness (QED) is 0.720. The summed E-state index contributed by atoms with van der Waals surface area (Å²) in [6, 6.07) is 6.77. The van der Waals surface area contributed by atoms with E-state index in [4.69, 9.17) is 15.3 Å². The molecule has 0 saturated heterocycles. The molecule has 8 heteroatoms. The van der Waals surface area contributed by atoms with Crippen LogP contribution in [-0.2, 0) is 10.5 Å². The highest BCUT2D eigenvalue weighted by atomic mass is 79.9. The van der Waals surface area contributed by atoms with Crippen LogP contribution in [0.4, 0.5) is 0 Å². The summed E-state index contributed by atoms with van der Waals surface area (Å²) in [6.45, 7) is 0. The lowest BCUT2D eigenvalue weighted by atomic mass is 10.2. The maximum Gasteiger partial charge on any atom is 0.320 e. The summed E-state index contributed by atoms with van der Waals surface area (Å²) in [5.41, 5.74) is 6.28. The number of aliphatic carboxylic acids is 1. The van der Waals surface area contributed by atoms with Crippen LogP contribution in [0.25, 0.3) is 11.5 Å². The van der Waals surface area contributed by atoms with Crippen molar-refractivity contribution in [2.75, 3.05) is 5.75 Å². The van der Waals surface area contributed by atoms with Gasteiger partial charge in [-0.05, 0) is 36.4 Å². The van der Waals surface area contributed by atoms with E-state index in [1.165, 1.54) is 11.8 Å². The zero-order chi connectivity index (χ0) is 15.2. The standard InChI is InChI=1S/C13H14BrN3O3S/c14-9-3-1-8(2-4-9)12-17-16-11(20-12)7-21-6-5-10(15)13(18)19/h1-4,10H,5-7,15H2,(H,18,19). The molecule has 0 fully saturated rings. The average Bonchev–Trinajstić information content (AvgIpc) is 2.93. The molecule has 2 rings (SSSR count). The Hall–Kier alpha value is -1.38. The summed E-state index contributed by atoms with van der Waals surface area (Å²) in [6.07, 6.45) is 0.410. The SMILES string of the molecule is NC(CCSCc1nnc(-c2ccc(Br)cc2)o1)C(=O)O. The molecule has 0 spiro atoms. The van der Waals surface area contributed by atoms with Crippen LogP contribution in [0.15, 0.2) is 33.2 Å². The lowest BCUT2D eigenvalue weighted by molar-refractivity contribution is -0.138. The average molecular weight is 372 g/mol. The zero-order valence-corrected chi connectivity index (χ0v) is 13.4. The van der Waals surface area contributed by atoms with Gasteiger partial charge in [-0.15, -0.1) is 10.2 Å². The summed E-state index contributed by atoms with van der Waals surface area (Å²) in [4.78, 5) is 10.6. The molecular formula is C13H14BrN3O3S. The summed E-state index contributed by atoms with van der Waals surface area (Å²) >= 11 is 4.88. The Bertz CT molecular complexity index is 603. The van der Waals surface area contributed by atoms with Gasteiger partial charge in [-0.2, -0.15) is 11.8 Å². The van der Waals surface area contributed by atoms with Crippen molar-refractivity contribution in [3.8, 4) is 11.5 Å². The molecule has 2 aromatic rings. The lowest BCUT2D eigenvalue weighted by Gasteiger charge is -2.04. The monoisotopic (exact) mass is 371 g/mol. The topological polar surface area (TPSA) is 102 Å². The van der Waals surface area contributed by atoms with Crippen LogP contribution in [0.2, 0.25) is 0 Å². The predicted octanol–water partition coefficient (Wildman–Crippen LogP) is 2.53. The molecule has 0 amide bonds. The van der Waals surface area contributed by atoms with Gasteiger partial charge in [0.1, 0.15) is 6.04 Å². The molecule has 0 aliphatic heterocycles. The number of nitrogens with zero attached hydrogens (tertiary/aromatic N) is 2. The van der Waals surface area contributed by atoms with Gasteiger partial charge < -0.3 is 15.3 Å². The minimum Gasteiger partial charge on any atom is -0.480 e. The van der Waals surface area contributed by atoms with Gasteiger partial charge >= 0.3 is 5.97 Å². The van der Waals surface area contributed by atoms with E-state index < -0.39 is 12.0 Å². The Morgan fingerprint density at radius 3 is 2.76 bits per heavy atom. The number of rotatable bonds is 7. The fraction of sp³-hybridized carbons (Fsp3) is 0.308. The minimum absolute atomic E-state index is 0.410. The Balaban J connectivity index is 1.83. The number of halogens is 1. The number of hydrogen-bond donors (Lipinski definition) is 2. The van der Waals surface area contributed by atoms with Crippen LogP contribution >= 0.6 is 27.7 Å². The molecule has 0 aliphatic rings. The van der Waals surface area contributed by atoms with Crippen LogP contribution in [0.3, 0.4) is 0 Å². The number of aromatic nitrogens is 2. The van der Waals surface area contributed by atoms with E-state index >= 15 is 0 Å². The van der Waals surface area contributed by atoms with Gasteiger partial charge in [0, 0.05) is 10.0 Å². The summed E-state index contributed by atoms with van der Waals surface area (Å²) < 4.78 is 6.54. The van der Waals surface area contributed by atoms with Crippen LogP contribution in [0.1, 0.15) is 12.3 Å². The van der Waals surface area contributed by atoms with Crippen LogP contribution < -0.4 is 5.73 Å². The first-order valence-electron chi connectivity index (χ1n) is 6.20.